The average molecular weight is 451 g/mol. The summed E-state index contributed by atoms with van der Waals surface area (Å²) in [7, 11) is 1.57. The number of fused-ring (bicyclic) bond motifs is 1. The molecule has 2 aromatic heterocycles. The van der Waals surface area contributed by atoms with E-state index in [0.717, 1.165) is 38.5 Å². The lowest BCUT2D eigenvalue weighted by Crippen LogP contribution is -2.40. The van der Waals surface area contributed by atoms with Crippen molar-refractivity contribution in [2.75, 3.05) is 6.61 Å². The van der Waals surface area contributed by atoms with Gasteiger partial charge in [-0.15, -0.1) is 0 Å². The molecule has 0 aromatic carbocycles. The normalized spacial score (nSPS) is 13.1. The van der Waals surface area contributed by atoms with Gasteiger partial charge in [0, 0.05) is 19.0 Å². The monoisotopic (exact) mass is 450 g/mol. The molecule has 9 nitrogen and oxygen atoms in total. The van der Waals surface area contributed by atoms with E-state index in [0.29, 0.717) is 25.8 Å². The number of carbonyl (C=O) groups is 1. The molecule has 2 rings (SSSR count). The number of aryl methyl sites for hydroxylation is 1. The van der Waals surface area contributed by atoms with Crippen LogP contribution < -0.4 is 11.2 Å². The third kappa shape index (κ3) is 5.95. The molecular formula is C23H38N4O5. The van der Waals surface area contributed by atoms with Crippen molar-refractivity contribution in [1.29, 1.82) is 0 Å². The maximum Gasteiger partial charge on any atom is 0.332 e. The van der Waals surface area contributed by atoms with Gasteiger partial charge in [0.25, 0.3) is 5.56 Å². The summed E-state index contributed by atoms with van der Waals surface area (Å²) in [6, 6.07) is 0. The lowest BCUT2D eigenvalue weighted by Gasteiger charge is -2.21. The number of carbonyl (C=O) groups excluding carboxylic acids is 1. The van der Waals surface area contributed by atoms with Gasteiger partial charge in [-0.3, -0.25) is 23.3 Å². The molecule has 32 heavy (non-hydrogen) atoms. The summed E-state index contributed by atoms with van der Waals surface area (Å²) in [4.78, 5) is 43.0. The van der Waals surface area contributed by atoms with E-state index in [9.17, 15) is 19.5 Å². The van der Waals surface area contributed by atoms with Gasteiger partial charge in [-0.1, -0.05) is 59.3 Å². The van der Waals surface area contributed by atoms with Gasteiger partial charge >= 0.3 is 5.69 Å². The zero-order valence-electron chi connectivity index (χ0n) is 19.8. The highest BCUT2D eigenvalue weighted by atomic mass is 16.3. The molecule has 2 aromatic rings. The number of unbranched alkanes of at least 4 members (excludes halogenated alkanes) is 6. The molecule has 0 fully saturated rings. The van der Waals surface area contributed by atoms with E-state index >= 15 is 0 Å². The second kappa shape index (κ2) is 11.6. The maximum atomic E-state index is 13.1. The zero-order chi connectivity index (χ0) is 23.9. The molecule has 9 heteroatoms. The lowest BCUT2D eigenvalue weighted by atomic mass is 9.89. The number of aliphatic hydroxyl groups excluding tert-OH is 2. The van der Waals surface area contributed by atoms with E-state index in [4.69, 9.17) is 5.11 Å². The molecule has 0 radical (unpaired) electrons. The fourth-order valence-corrected chi connectivity index (χ4v) is 3.72. The first kappa shape index (κ1) is 26.0. The van der Waals surface area contributed by atoms with Gasteiger partial charge in [-0.2, -0.15) is 0 Å². The van der Waals surface area contributed by atoms with Crippen LogP contribution >= 0.6 is 0 Å². The van der Waals surface area contributed by atoms with Gasteiger partial charge in [0.05, 0.1) is 12.7 Å². The van der Waals surface area contributed by atoms with Gasteiger partial charge < -0.3 is 10.2 Å². The topological polar surface area (TPSA) is 119 Å². The fourth-order valence-electron chi connectivity index (χ4n) is 3.72. The van der Waals surface area contributed by atoms with Crippen molar-refractivity contribution in [3.8, 4) is 0 Å². The number of rotatable bonds is 13. The summed E-state index contributed by atoms with van der Waals surface area (Å²) in [5.41, 5.74) is -1.15. The van der Waals surface area contributed by atoms with Crippen molar-refractivity contribution in [2.24, 2.45) is 12.5 Å². The highest BCUT2D eigenvalue weighted by Gasteiger charge is 2.30. The molecule has 2 N–H and O–H groups in total. The Morgan fingerprint density at radius 1 is 1.09 bits per heavy atom. The minimum atomic E-state index is -0.643. The maximum absolute atomic E-state index is 13.1. The Morgan fingerprint density at radius 3 is 2.28 bits per heavy atom. The summed E-state index contributed by atoms with van der Waals surface area (Å²) < 4.78 is 3.84. The van der Waals surface area contributed by atoms with E-state index in [1.165, 1.54) is 20.0 Å². The first-order valence-electron chi connectivity index (χ1n) is 11.7. The van der Waals surface area contributed by atoms with E-state index in [-0.39, 0.29) is 23.7 Å². The number of aromatic nitrogens is 4. The fraction of sp³-hybridized carbons (Fsp3) is 0.739. The van der Waals surface area contributed by atoms with Gasteiger partial charge in [-0.25, -0.2) is 9.78 Å². The molecule has 0 aliphatic heterocycles. The van der Waals surface area contributed by atoms with Crippen molar-refractivity contribution in [3.05, 3.63) is 27.2 Å². The summed E-state index contributed by atoms with van der Waals surface area (Å²) in [5, 5.41) is 18.1. The number of hydrogen-bond donors (Lipinski definition) is 2. The van der Waals surface area contributed by atoms with Crippen molar-refractivity contribution < 1.29 is 15.0 Å². The summed E-state index contributed by atoms with van der Waals surface area (Å²) in [6.45, 7) is 5.70. The van der Waals surface area contributed by atoms with Crippen LogP contribution in [0.1, 0.15) is 83.4 Å². The Balaban J connectivity index is 2.02. The predicted octanol–water partition coefficient (Wildman–Crippen LogP) is 2.45. The van der Waals surface area contributed by atoms with Gasteiger partial charge in [0.1, 0.15) is 6.33 Å². The third-order valence-corrected chi connectivity index (χ3v) is 6.34. The third-order valence-electron chi connectivity index (χ3n) is 6.34. The first-order valence-corrected chi connectivity index (χ1v) is 11.7. The highest BCUT2D eigenvalue weighted by molar-refractivity contribution is 5.91. The van der Waals surface area contributed by atoms with Crippen molar-refractivity contribution in [2.45, 2.75) is 91.2 Å². The molecule has 0 amide bonds. The summed E-state index contributed by atoms with van der Waals surface area (Å²) in [6.07, 6.45) is 8.58. The van der Waals surface area contributed by atoms with Crippen molar-refractivity contribution in [3.63, 3.8) is 0 Å². The van der Waals surface area contributed by atoms with Crippen molar-refractivity contribution >= 4 is 17.1 Å². The molecule has 0 saturated carbocycles. The molecule has 180 valence electrons. The molecule has 0 spiro atoms. The van der Waals surface area contributed by atoms with Crippen LogP contribution in [0.15, 0.2) is 15.9 Å². The largest absolute Gasteiger partial charge is 0.394 e. The Bertz CT molecular complexity index is 1020. The molecule has 1 atom stereocenters. The molecule has 2 heterocycles. The van der Waals surface area contributed by atoms with Crippen LogP contribution in [-0.4, -0.2) is 47.5 Å². The van der Waals surface area contributed by atoms with E-state index in [1.54, 1.807) is 7.05 Å². The standard InChI is InChI=1S/C23H38N4O5/c1-5-23(2,3)21(31)27-16-24-19-18(27)20(30)26(22(32)25(19)4)14-12-10-8-6-7-9-11-13-17(29)15-28/h16-17,28-29H,5-15H2,1-4H3. The highest BCUT2D eigenvalue weighted by Crippen LogP contribution is 2.23. The summed E-state index contributed by atoms with van der Waals surface area (Å²) >= 11 is 0. The second-order valence-electron chi connectivity index (χ2n) is 9.23. The van der Waals surface area contributed by atoms with E-state index < -0.39 is 22.8 Å². The lowest BCUT2D eigenvalue weighted by molar-refractivity contribution is 0.0744. The Kier molecular flexibility index (Phi) is 9.39. The Labute approximate surface area is 188 Å². The molecule has 0 bridgehead atoms. The number of imidazole rings is 1. The average Bonchev–Trinajstić information content (AvgIpc) is 3.22. The van der Waals surface area contributed by atoms with E-state index in [1.807, 2.05) is 20.8 Å². The second-order valence-corrected chi connectivity index (χ2v) is 9.23. The predicted molar refractivity (Wildman–Crippen MR) is 124 cm³/mol. The number of aliphatic hydroxyl groups is 2. The van der Waals surface area contributed by atoms with Gasteiger partial charge in [0.2, 0.25) is 5.91 Å². The SMILES string of the molecule is CCC(C)(C)C(=O)n1cnc2c1c(=O)n(CCCCCCCCCC(O)CO)c(=O)n2C. The van der Waals surface area contributed by atoms with Crippen LogP contribution in [0.4, 0.5) is 0 Å². The smallest absolute Gasteiger partial charge is 0.332 e. The number of hydrogen-bond acceptors (Lipinski definition) is 6. The van der Waals surface area contributed by atoms with Gasteiger partial charge in [-0.05, 0) is 19.3 Å². The van der Waals surface area contributed by atoms with Gasteiger partial charge in [0.15, 0.2) is 11.2 Å². The Hall–Kier alpha value is -2.26. The minimum Gasteiger partial charge on any atom is -0.394 e. The van der Waals surface area contributed by atoms with Crippen LogP contribution in [0.2, 0.25) is 0 Å². The van der Waals surface area contributed by atoms with Crippen LogP contribution in [0.5, 0.6) is 0 Å². The quantitative estimate of drug-likeness (QED) is 0.453. The molecular weight excluding hydrogens is 412 g/mol. The van der Waals surface area contributed by atoms with Crippen LogP contribution in [-0.2, 0) is 13.6 Å². The molecule has 1 unspecified atom stereocenters. The molecule has 0 aliphatic rings. The summed E-state index contributed by atoms with van der Waals surface area (Å²) in [5.74, 6) is -0.212. The van der Waals surface area contributed by atoms with Crippen LogP contribution in [0.3, 0.4) is 0 Å². The zero-order valence-corrected chi connectivity index (χ0v) is 19.8. The van der Waals surface area contributed by atoms with Crippen LogP contribution in [0, 0.1) is 5.41 Å². The molecule has 0 aliphatic carbocycles. The van der Waals surface area contributed by atoms with Crippen molar-refractivity contribution in [1.82, 2.24) is 18.7 Å². The Morgan fingerprint density at radius 2 is 1.69 bits per heavy atom. The van der Waals surface area contributed by atoms with E-state index in [2.05, 4.69) is 4.98 Å². The number of nitrogens with zero attached hydrogens (tertiary/aromatic N) is 4. The first-order chi connectivity index (χ1) is 15.2. The molecule has 0 saturated heterocycles. The minimum absolute atomic E-state index is 0.156. The van der Waals surface area contributed by atoms with Crippen LogP contribution in [0.25, 0.3) is 11.2 Å².